The third-order valence-corrected chi connectivity index (χ3v) is 2.91. The molecule has 0 aliphatic heterocycles. The van der Waals surface area contributed by atoms with Gasteiger partial charge in [0.1, 0.15) is 5.75 Å². The second-order valence-corrected chi connectivity index (χ2v) is 5.06. The lowest BCUT2D eigenvalue weighted by molar-refractivity contribution is 0.135. The lowest BCUT2D eigenvalue weighted by atomic mass is 10.1. The Labute approximate surface area is 114 Å². The Morgan fingerprint density at radius 1 is 1.33 bits per heavy atom. The zero-order valence-electron chi connectivity index (χ0n) is 11.3. The van der Waals surface area contributed by atoms with Gasteiger partial charge >= 0.3 is 0 Å². The molecule has 0 spiro atoms. The van der Waals surface area contributed by atoms with Crippen molar-refractivity contribution in [2.75, 3.05) is 13.7 Å². The zero-order valence-corrected chi connectivity index (χ0v) is 12.0. The lowest BCUT2D eigenvalue weighted by Crippen LogP contribution is -2.18. The number of ether oxygens (including phenoxy) is 2. The van der Waals surface area contributed by atoms with Crippen LogP contribution in [0, 0.1) is 0 Å². The highest BCUT2D eigenvalue weighted by Crippen LogP contribution is 2.27. The van der Waals surface area contributed by atoms with Crippen LogP contribution >= 0.6 is 11.6 Å². The van der Waals surface area contributed by atoms with Gasteiger partial charge in [0, 0.05) is 26.2 Å². The molecule has 18 heavy (non-hydrogen) atoms. The summed E-state index contributed by atoms with van der Waals surface area (Å²) < 4.78 is 10.8. The summed E-state index contributed by atoms with van der Waals surface area (Å²) in [6.07, 6.45) is 1.75. The fourth-order valence-corrected chi connectivity index (χ4v) is 1.95. The van der Waals surface area contributed by atoms with Gasteiger partial charge in [-0.15, -0.1) is 0 Å². The van der Waals surface area contributed by atoms with E-state index in [9.17, 15) is 0 Å². The third-order valence-electron chi connectivity index (χ3n) is 2.61. The molecule has 0 fully saturated rings. The minimum Gasteiger partial charge on any atom is -0.489 e. The molecule has 1 rings (SSSR count). The standard InChI is InChI=1S/C14H22ClNO2/c1-10(16)8-12-4-5-14(13(15)9-12)18-11(2)6-7-17-3/h4-5,9-11H,6-8,16H2,1-3H3. The molecule has 2 N–H and O–H groups in total. The molecule has 0 radical (unpaired) electrons. The predicted molar refractivity (Wildman–Crippen MR) is 75.4 cm³/mol. The Balaban J connectivity index is 2.61. The van der Waals surface area contributed by atoms with Crippen LogP contribution in [0.1, 0.15) is 25.8 Å². The molecule has 102 valence electrons. The number of rotatable bonds is 7. The molecule has 2 unspecified atom stereocenters. The van der Waals surface area contributed by atoms with Crippen molar-refractivity contribution in [1.29, 1.82) is 0 Å². The van der Waals surface area contributed by atoms with Crippen LogP contribution in [0.15, 0.2) is 18.2 Å². The van der Waals surface area contributed by atoms with E-state index in [1.54, 1.807) is 7.11 Å². The molecule has 0 amide bonds. The quantitative estimate of drug-likeness (QED) is 0.829. The second kappa shape index (κ2) is 7.62. The number of hydrogen-bond acceptors (Lipinski definition) is 3. The van der Waals surface area contributed by atoms with Crippen molar-refractivity contribution in [2.24, 2.45) is 5.73 Å². The fourth-order valence-electron chi connectivity index (χ4n) is 1.70. The highest BCUT2D eigenvalue weighted by atomic mass is 35.5. The molecule has 0 aliphatic carbocycles. The molecule has 1 aromatic rings. The normalized spacial score (nSPS) is 14.3. The molecule has 0 saturated heterocycles. The first kappa shape index (κ1) is 15.3. The average molecular weight is 272 g/mol. The van der Waals surface area contributed by atoms with Gasteiger partial charge in [-0.1, -0.05) is 17.7 Å². The van der Waals surface area contributed by atoms with E-state index in [-0.39, 0.29) is 12.1 Å². The maximum Gasteiger partial charge on any atom is 0.138 e. The molecule has 0 aromatic heterocycles. The van der Waals surface area contributed by atoms with Crippen molar-refractivity contribution >= 4 is 11.6 Å². The van der Waals surface area contributed by atoms with E-state index >= 15 is 0 Å². The van der Waals surface area contributed by atoms with Gasteiger partial charge in [-0.05, 0) is 38.0 Å². The van der Waals surface area contributed by atoms with Gasteiger partial charge in [0.05, 0.1) is 11.1 Å². The van der Waals surface area contributed by atoms with Crippen LogP contribution in [0.5, 0.6) is 5.75 Å². The van der Waals surface area contributed by atoms with Crippen LogP contribution in [0.2, 0.25) is 5.02 Å². The Hall–Kier alpha value is -0.770. The highest BCUT2D eigenvalue weighted by Gasteiger charge is 2.08. The van der Waals surface area contributed by atoms with Crippen LogP contribution in [0.4, 0.5) is 0 Å². The van der Waals surface area contributed by atoms with Gasteiger partial charge in [0.2, 0.25) is 0 Å². The number of halogens is 1. The Morgan fingerprint density at radius 3 is 2.61 bits per heavy atom. The summed E-state index contributed by atoms with van der Waals surface area (Å²) in [4.78, 5) is 0. The van der Waals surface area contributed by atoms with Gasteiger partial charge < -0.3 is 15.2 Å². The SMILES string of the molecule is COCCC(C)Oc1ccc(CC(C)N)cc1Cl. The number of methoxy groups -OCH3 is 1. The number of benzene rings is 1. The molecular weight excluding hydrogens is 250 g/mol. The summed E-state index contributed by atoms with van der Waals surface area (Å²) >= 11 is 6.19. The smallest absolute Gasteiger partial charge is 0.138 e. The van der Waals surface area contributed by atoms with E-state index in [0.29, 0.717) is 17.4 Å². The van der Waals surface area contributed by atoms with E-state index in [4.69, 9.17) is 26.8 Å². The van der Waals surface area contributed by atoms with Crippen LogP contribution in [0.25, 0.3) is 0 Å². The van der Waals surface area contributed by atoms with Gasteiger partial charge in [-0.25, -0.2) is 0 Å². The first-order valence-electron chi connectivity index (χ1n) is 6.22. The second-order valence-electron chi connectivity index (χ2n) is 4.66. The third kappa shape index (κ3) is 5.25. The van der Waals surface area contributed by atoms with Gasteiger partial charge in [0.25, 0.3) is 0 Å². The first-order chi connectivity index (χ1) is 8.52. The molecule has 0 heterocycles. The molecular formula is C14H22ClNO2. The van der Waals surface area contributed by atoms with Crippen molar-refractivity contribution in [3.63, 3.8) is 0 Å². The maximum absolute atomic E-state index is 6.19. The topological polar surface area (TPSA) is 44.5 Å². The van der Waals surface area contributed by atoms with E-state index in [1.807, 2.05) is 32.0 Å². The van der Waals surface area contributed by atoms with Crippen molar-refractivity contribution in [1.82, 2.24) is 0 Å². The zero-order chi connectivity index (χ0) is 13.5. The fraction of sp³-hybridized carbons (Fsp3) is 0.571. The van der Waals surface area contributed by atoms with E-state index in [2.05, 4.69) is 0 Å². The molecule has 0 saturated carbocycles. The van der Waals surface area contributed by atoms with E-state index < -0.39 is 0 Å². The summed E-state index contributed by atoms with van der Waals surface area (Å²) in [5.41, 5.74) is 6.89. The van der Waals surface area contributed by atoms with Crippen molar-refractivity contribution in [3.8, 4) is 5.75 Å². The Bertz CT molecular complexity index is 369. The largest absolute Gasteiger partial charge is 0.489 e. The van der Waals surface area contributed by atoms with Crippen molar-refractivity contribution < 1.29 is 9.47 Å². The summed E-state index contributed by atoms with van der Waals surface area (Å²) in [7, 11) is 1.68. The summed E-state index contributed by atoms with van der Waals surface area (Å²) in [5, 5.41) is 0.636. The minimum absolute atomic E-state index is 0.0849. The molecule has 1 aromatic carbocycles. The summed E-state index contributed by atoms with van der Waals surface area (Å²) in [5.74, 6) is 0.716. The van der Waals surface area contributed by atoms with Gasteiger partial charge in [-0.2, -0.15) is 0 Å². The van der Waals surface area contributed by atoms with Crippen LogP contribution in [-0.2, 0) is 11.2 Å². The lowest BCUT2D eigenvalue weighted by Gasteiger charge is -2.16. The van der Waals surface area contributed by atoms with Gasteiger partial charge in [-0.3, -0.25) is 0 Å². The van der Waals surface area contributed by atoms with Crippen LogP contribution in [-0.4, -0.2) is 25.9 Å². The summed E-state index contributed by atoms with van der Waals surface area (Å²) in [6.45, 7) is 4.66. The van der Waals surface area contributed by atoms with Crippen molar-refractivity contribution in [3.05, 3.63) is 28.8 Å². The molecule has 2 atom stereocenters. The highest BCUT2D eigenvalue weighted by molar-refractivity contribution is 6.32. The van der Waals surface area contributed by atoms with E-state index in [0.717, 1.165) is 18.4 Å². The van der Waals surface area contributed by atoms with E-state index in [1.165, 1.54) is 0 Å². The maximum atomic E-state index is 6.19. The Kier molecular flexibility index (Phi) is 6.47. The predicted octanol–water partition coefficient (Wildman–Crippen LogP) is 3.03. The average Bonchev–Trinajstić information content (AvgIpc) is 2.29. The molecule has 3 nitrogen and oxygen atoms in total. The minimum atomic E-state index is 0.0849. The Morgan fingerprint density at radius 2 is 2.06 bits per heavy atom. The first-order valence-corrected chi connectivity index (χ1v) is 6.60. The molecule has 0 aliphatic rings. The number of hydrogen-bond donors (Lipinski definition) is 1. The number of nitrogens with two attached hydrogens (primary N) is 1. The van der Waals surface area contributed by atoms with Crippen LogP contribution in [0.3, 0.4) is 0 Å². The monoisotopic (exact) mass is 271 g/mol. The van der Waals surface area contributed by atoms with Crippen molar-refractivity contribution in [2.45, 2.75) is 38.8 Å². The molecule has 4 heteroatoms. The molecule has 0 bridgehead atoms. The summed E-state index contributed by atoms with van der Waals surface area (Å²) in [6, 6.07) is 5.97. The van der Waals surface area contributed by atoms with Crippen LogP contribution < -0.4 is 10.5 Å². The van der Waals surface area contributed by atoms with Gasteiger partial charge in [0.15, 0.2) is 0 Å².